The summed E-state index contributed by atoms with van der Waals surface area (Å²) in [6.07, 6.45) is 4.79. The minimum absolute atomic E-state index is 0.145. The van der Waals surface area contributed by atoms with Gasteiger partial charge in [0.2, 0.25) is 11.8 Å². The molecule has 0 radical (unpaired) electrons. The van der Waals surface area contributed by atoms with Gasteiger partial charge < -0.3 is 25.2 Å². The maximum absolute atomic E-state index is 12.2. The number of nitrogens with zero attached hydrogens (tertiary/aromatic N) is 2. The van der Waals surface area contributed by atoms with E-state index < -0.39 is 11.6 Å². The largest absolute Gasteiger partial charge is 0.478 e. The topological polar surface area (TPSA) is 135 Å². The molecule has 5 rings (SSSR count). The van der Waals surface area contributed by atoms with Gasteiger partial charge in [-0.1, -0.05) is 38.1 Å². The Morgan fingerprint density at radius 3 is 2.31 bits per heavy atom. The summed E-state index contributed by atoms with van der Waals surface area (Å²) in [6.45, 7) is 14.7. The van der Waals surface area contributed by atoms with Gasteiger partial charge in [-0.15, -0.1) is 0 Å². The summed E-state index contributed by atoms with van der Waals surface area (Å²) in [7, 11) is 0. The third kappa shape index (κ3) is 9.41. The van der Waals surface area contributed by atoms with Gasteiger partial charge >= 0.3 is 12.1 Å². The zero-order valence-corrected chi connectivity index (χ0v) is 29.9. The summed E-state index contributed by atoms with van der Waals surface area (Å²) in [6, 6.07) is 15.5. The van der Waals surface area contributed by atoms with Crippen LogP contribution in [0.2, 0.25) is 0 Å². The lowest BCUT2D eigenvalue weighted by molar-refractivity contribution is -0.0376. The quantitative estimate of drug-likeness (QED) is 0.133. The minimum Gasteiger partial charge on any atom is -0.478 e. The molecule has 4 N–H and O–H groups in total. The Labute approximate surface area is 288 Å². The van der Waals surface area contributed by atoms with E-state index in [1.54, 1.807) is 18.2 Å². The molecule has 48 heavy (non-hydrogen) atoms. The number of aromatic nitrogens is 2. The number of nitrogens with one attached hydrogen (secondary N) is 3. The number of carboxylic acids is 1. The zero-order valence-electron chi connectivity index (χ0n) is 29.1. The molecule has 1 unspecified atom stereocenters. The molecule has 1 aromatic heterocycles. The molecule has 2 aromatic carbocycles. The molecule has 2 fully saturated rings. The van der Waals surface area contributed by atoms with Gasteiger partial charge in [-0.25, -0.2) is 14.6 Å². The Morgan fingerprint density at radius 2 is 1.67 bits per heavy atom. The van der Waals surface area contributed by atoms with E-state index in [1.807, 2.05) is 39.0 Å². The first-order chi connectivity index (χ1) is 22.7. The summed E-state index contributed by atoms with van der Waals surface area (Å²) in [4.78, 5) is 33.9. The van der Waals surface area contributed by atoms with Crippen molar-refractivity contribution in [2.45, 2.75) is 109 Å². The lowest BCUT2D eigenvalue weighted by Crippen LogP contribution is -2.62. The van der Waals surface area contributed by atoms with E-state index in [0.29, 0.717) is 35.8 Å². The smallest absolute Gasteiger partial charge is 0.407 e. The van der Waals surface area contributed by atoms with E-state index >= 15 is 0 Å². The van der Waals surface area contributed by atoms with Crippen molar-refractivity contribution >= 4 is 30.0 Å². The van der Waals surface area contributed by atoms with Crippen LogP contribution < -0.4 is 20.1 Å². The van der Waals surface area contributed by atoms with Crippen molar-refractivity contribution in [2.24, 2.45) is 11.3 Å². The lowest BCUT2D eigenvalue weighted by Gasteiger charge is -2.58. The number of alkyl carbamates (subject to hydrolysis) is 1. The molecule has 258 valence electrons. The normalized spacial score (nSPS) is 20.8. The van der Waals surface area contributed by atoms with Crippen molar-refractivity contribution in [1.29, 1.82) is 0 Å². The van der Waals surface area contributed by atoms with Crippen LogP contribution in [0, 0.1) is 25.2 Å². The Bertz CT molecular complexity index is 1590. The molecule has 1 heterocycles. The van der Waals surface area contributed by atoms with Crippen LogP contribution in [0.3, 0.4) is 0 Å². The highest BCUT2D eigenvalue weighted by Crippen LogP contribution is 2.56. The van der Waals surface area contributed by atoms with Crippen molar-refractivity contribution in [2.75, 3.05) is 11.3 Å². The van der Waals surface area contributed by atoms with Gasteiger partial charge in [0, 0.05) is 34.7 Å². The number of hydrogen-bond acceptors (Lipinski definition) is 9. The lowest BCUT2D eigenvalue weighted by atomic mass is 9.52. The first kappa shape index (κ1) is 35.5. The summed E-state index contributed by atoms with van der Waals surface area (Å²) < 4.78 is 15.0. The van der Waals surface area contributed by atoms with Crippen LogP contribution in [0.4, 0.5) is 10.7 Å². The standard InChI is InChI=1S/C37H49N5O5S/c1-22(2)14-26(38-27-17-37(18-27)19-28(20-37)39-35(45)47-36(5,6)7)21-46-31-16-30(32-23(3)10-8-11-24(32)4)40-34(41-31)42-48-29-13-9-12-25(15-29)33(43)44/h8-13,15-16,22,26-28,38H,14,17-21H2,1-7H3,(H,39,45)(H,43,44)(H,40,41,42). The number of carbonyl (C=O) groups excluding carboxylic acids is 1. The summed E-state index contributed by atoms with van der Waals surface area (Å²) in [5.74, 6) is 0.359. The number of aryl methyl sites for hydroxylation is 2. The molecule has 0 bridgehead atoms. The minimum atomic E-state index is -0.977. The molecular weight excluding hydrogens is 627 g/mol. The van der Waals surface area contributed by atoms with Crippen LogP contribution in [0.1, 0.15) is 88.2 Å². The molecule has 11 heteroatoms. The van der Waals surface area contributed by atoms with Gasteiger partial charge in [-0.05, 0) is 119 Å². The predicted octanol–water partition coefficient (Wildman–Crippen LogP) is 7.80. The third-order valence-electron chi connectivity index (χ3n) is 8.88. The number of benzene rings is 2. The van der Waals surface area contributed by atoms with E-state index in [9.17, 15) is 14.7 Å². The SMILES string of the molecule is Cc1cccc(C)c1-c1cc(OCC(CC(C)C)NC2CC3(CC(NC(=O)OC(C)(C)C)C3)C2)nc(NSc2cccc(C(=O)O)c2)n1. The molecule has 3 aromatic rings. The van der Waals surface area contributed by atoms with Crippen LogP contribution in [0.5, 0.6) is 5.88 Å². The van der Waals surface area contributed by atoms with Crippen LogP contribution in [0.15, 0.2) is 53.4 Å². The molecule has 0 saturated heterocycles. The van der Waals surface area contributed by atoms with Crippen molar-refractivity contribution in [3.8, 4) is 17.1 Å². The number of hydrogen-bond donors (Lipinski definition) is 4. The van der Waals surface area contributed by atoms with Crippen LogP contribution >= 0.6 is 11.9 Å². The number of amides is 1. The van der Waals surface area contributed by atoms with E-state index in [2.05, 4.69) is 55.2 Å². The zero-order chi connectivity index (χ0) is 34.6. The fourth-order valence-electron chi connectivity index (χ4n) is 6.96. The highest BCUT2D eigenvalue weighted by atomic mass is 32.2. The van der Waals surface area contributed by atoms with Crippen molar-refractivity contribution in [3.05, 3.63) is 65.2 Å². The Morgan fingerprint density at radius 1 is 1.00 bits per heavy atom. The second-order valence-corrected chi connectivity index (χ2v) is 15.8. The van der Waals surface area contributed by atoms with E-state index in [-0.39, 0.29) is 23.7 Å². The first-order valence-electron chi connectivity index (χ1n) is 16.8. The van der Waals surface area contributed by atoms with E-state index in [0.717, 1.165) is 59.4 Å². The molecule has 0 aliphatic heterocycles. The number of rotatable bonds is 13. The fraction of sp³-hybridized carbons (Fsp3) is 0.514. The average molecular weight is 676 g/mol. The molecule has 2 saturated carbocycles. The number of carbonyl (C=O) groups is 2. The monoisotopic (exact) mass is 675 g/mol. The Hall–Kier alpha value is -3.83. The summed E-state index contributed by atoms with van der Waals surface area (Å²) in [5.41, 5.74) is 4.01. The summed E-state index contributed by atoms with van der Waals surface area (Å²) in [5, 5.41) is 16.3. The van der Waals surface area contributed by atoms with Gasteiger partial charge in [0.05, 0.1) is 11.3 Å². The molecule has 2 aliphatic rings. The molecule has 1 amide bonds. The maximum Gasteiger partial charge on any atom is 0.407 e. The van der Waals surface area contributed by atoms with Crippen molar-refractivity contribution in [1.82, 2.24) is 20.6 Å². The van der Waals surface area contributed by atoms with Gasteiger partial charge in [0.1, 0.15) is 12.2 Å². The number of anilines is 1. The average Bonchev–Trinajstić information content (AvgIpc) is 2.95. The first-order valence-corrected chi connectivity index (χ1v) is 17.6. The van der Waals surface area contributed by atoms with Gasteiger partial charge in [-0.2, -0.15) is 4.98 Å². The summed E-state index contributed by atoms with van der Waals surface area (Å²) >= 11 is 1.25. The number of carboxylic acid groups (broad SMARTS) is 1. The molecule has 2 aliphatic carbocycles. The highest BCUT2D eigenvalue weighted by molar-refractivity contribution is 8.00. The molecule has 1 atom stereocenters. The maximum atomic E-state index is 12.2. The Kier molecular flexibility index (Phi) is 10.9. The second-order valence-electron chi connectivity index (χ2n) is 14.9. The van der Waals surface area contributed by atoms with Gasteiger partial charge in [-0.3, -0.25) is 4.72 Å². The third-order valence-corrected chi connectivity index (χ3v) is 9.65. The van der Waals surface area contributed by atoms with E-state index in [1.165, 1.54) is 11.9 Å². The highest BCUT2D eigenvalue weighted by Gasteiger charge is 2.53. The predicted molar refractivity (Wildman–Crippen MR) is 190 cm³/mol. The van der Waals surface area contributed by atoms with Gasteiger partial charge in [0.15, 0.2) is 0 Å². The number of aromatic carboxylic acids is 1. The van der Waals surface area contributed by atoms with Crippen molar-refractivity contribution < 1.29 is 24.2 Å². The van der Waals surface area contributed by atoms with Crippen LogP contribution in [-0.4, -0.2) is 57.5 Å². The van der Waals surface area contributed by atoms with Crippen molar-refractivity contribution in [3.63, 3.8) is 0 Å². The molecule has 1 spiro atoms. The Balaban J connectivity index is 1.23. The van der Waals surface area contributed by atoms with E-state index in [4.69, 9.17) is 19.4 Å². The second kappa shape index (κ2) is 14.7. The van der Waals surface area contributed by atoms with Crippen LogP contribution in [0.25, 0.3) is 11.3 Å². The molecular formula is C37H49N5O5S. The fourth-order valence-corrected chi connectivity index (χ4v) is 7.59. The van der Waals surface area contributed by atoms with Crippen LogP contribution in [-0.2, 0) is 4.74 Å². The molecule has 10 nitrogen and oxygen atoms in total. The number of ether oxygens (including phenoxy) is 2. The van der Waals surface area contributed by atoms with Gasteiger partial charge in [0.25, 0.3) is 0 Å².